The Morgan fingerprint density at radius 1 is 1.20 bits per heavy atom. The summed E-state index contributed by atoms with van der Waals surface area (Å²) in [6, 6.07) is 8.52. The topological polar surface area (TPSA) is 88.1 Å². The monoisotopic (exact) mass is 420 g/mol. The number of ether oxygens (including phenoxy) is 2. The third-order valence-electron chi connectivity index (χ3n) is 5.47. The van der Waals surface area contributed by atoms with Crippen LogP contribution >= 0.6 is 0 Å². The minimum Gasteiger partial charge on any atom is -0.444 e. The number of nitrogens with zero attached hydrogens (tertiary/aromatic N) is 1. The lowest BCUT2D eigenvalue weighted by Crippen LogP contribution is -2.51. The molecule has 0 bridgehead atoms. The van der Waals surface area contributed by atoms with Gasteiger partial charge < -0.3 is 24.8 Å². The highest BCUT2D eigenvalue weighted by atomic mass is 16.6. The van der Waals surface area contributed by atoms with Gasteiger partial charge in [-0.3, -0.25) is 4.79 Å². The molecule has 0 unspecified atom stereocenters. The van der Waals surface area contributed by atoms with E-state index in [0.717, 1.165) is 18.4 Å². The Balaban J connectivity index is 2.04. The van der Waals surface area contributed by atoms with Crippen LogP contribution in [0.5, 0.6) is 0 Å². The Morgan fingerprint density at radius 3 is 2.40 bits per heavy atom. The lowest BCUT2D eigenvalue weighted by atomic mass is 9.94. The average Bonchev–Trinajstić information content (AvgIpc) is 3.16. The highest BCUT2D eigenvalue weighted by Gasteiger charge is 2.41. The minimum atomic E-state index is -0.812. The number of hydrogen-bond donors (Lipinski definition) is 2. The Kier molecular flexibility index (Phi) is 8.26. The van der Waals surface area contributed by atoms with Crippen LogP contribution in [0, 0.1) is 5.92 Å². The molecule has 1 aliphatic heterocycles. The third kappa shape index (κ3) is 6.19. The minimum absolute atomic E-state index is 0.222. The van der Waals surface area contributed by atoms with Crippen LogP contribution in [0.15, 0.2) is 30.3 Å². The van der Waals surface area contributed by atoms with Crippen LogP contribution in [0.1, 0.15) is 59.1 Å². The first-order chi connectivity index (χ1) is 14.0. The molecule has 1 saturated heterocycles. The third-order valence-corrected chi connectivity index (χ3v) is 5.47. The zero-order valence-electron chi connectivity index (χ0n) is 18.9. The van der Waals surface area contributed by atoms with Crippen LogP contribution in [0.4, 0.5) is 4.79 Å². The number of likely N-dealkylation sites (tertiary alicyclic amines) is 1. The Bertz CT molecular complexity index is 703. The van der Waals surface area contributed by atoms with Crippen LogP contribution in [-0.2, 0) is 14.3 Å². The Hall–Kier alpha value is -2.12. The van der Waals surface area contributed by atoms with Crippen molar-refractivity contribution in [2.24, 2.45) is 5.92 Å². The first kappa shape index (κ1) is 24.2. The molecular formula is C23H36N2O5. The van der Waals surface area contributed by atoms with Gasteiger partial charge in [-0.2, -0.15) is 0 Å². The Labute approximate surface area is 179 Å². The van der Waals surface area contributed by atoms with Crippen LogP contribution in [0.2, 0.25) is 0 Å². The number of methoxy groups -OCH3 is 1. The van der Waals surface area contributed by atoms with Crippen molar-refractivity contribution in [3.63, 3.8) is 0 Å². The van der Waals surface area contributed by atoms with Gasteiger partial charge in [0.15, 0.2) is 0 Å². The van der Waals surface area contributed by atoms with Gasteiger partial charge in [-0.1, -0.05) is 37.3 Å². The second kappa shape index (κ2) is 10.3. The summed E-state index contributed by atoms with van der Waals surface area (Å²) < 4.78 is 11.2. The smallest absolute Gasteiger partial charge is 0.410 e. The molecule has 1 aliphatic rings. The first-order valence-corrected chi connectivity index (χ1v) is 10.6. The van der Waals surface area contributed by atoms with Crippen LogP contribution in [-0.4, -0.2) is 59.5 Å². The molecule has 0 radical (unpaired) electrons. The van der Waals surface area contributed by atoms with Gasteiger partial charge in [0.2, 0.25) is 5.91 Å². The van der Waals surface area contributed by atoms with Gasteiger partial charge in [0.25, 0.3) is 0 Å². The summed E-state index contributed by atoms with van der Waals surface area (Å²) in [4.78, 5) is 27.2. The van der Waals surface area contributed by atoms with Gasteiger partial charge in [0.1, 0.15) is 5.60 Å². The van der Waals surface area contributed by atoms with E-state index in [0.29, 0.717) is 6.54 Å². The van der Waals surface area contributed by atoms with Gasteiger partial charge in [-0.15, -0.1) is 0 Å². The molecule has 7 heteroatoms. The van der Waals surface area contributed by atoms with Crippen molar-refractivity contribution in [3.8, 4) is 0 Å². The van der Waals surface area contributed by atoms with Gasteiger partial charge in [0, 0.05) is 13.7 Å². The summed E-state index contributed by atoms with van der Waals surface area (Å²) in [5.41, 5.74) is 0.159. The fourth-order valence-electron chi connectivity index (χ4n) is 3.90. The second-order valence-corrected chi connectivity index (χ2v) is 9.03. The van der Waals surface area contributed by atoms with E-state index in [9.17, 15) is 14.7 Å². The molecule has 168 valence electrons. The molecule has 2 rings (SSSR count). The summed E-state index contributed by atoms with van der Waals surface area (Å²) in [5.74, 6) is -0.728. The lowest BCUT2D eigenvalue weighted by molar-refractivity contribution is -0.132. The van der Waals surface area contributed by atoms with E-state index < -0.39 is 29.8 Å². The van der Waals surface area contributed by atoms with Gasteiger partial charge in [-0.25, -0.2) is 4.79 Å². The molecule has 0 aromatic heterocycles. The molecule has 1 fully saturated rings. The predicted octanol–water partition coefficient (Wildman–Crippen LogP) is 3.28. The number of carbonyl (C=O) groups excluding carboxylic acids is 2. The van der Waals surface area contributed by atoms with E-state index in [2.05, 4.69) is 5.32 Å². The quantitative estimate of drug-likeness (QED) is 0.707. The van der Waals surface area contributed by atoms with Crippen LogP contribution in [0.3, 0.4) is 0 Å². The molecule has 1 aromatic carbocycles. The molecule has 1 heterocycles. The predicted molar refractivity (Wildman–Crippen MR) is 115 cm³/mol. The number of carbonyl (C=O) groups is 2. The summed E-state index contributed by atoms with van der Waals surface area (Å²) in [5, 5.41) is 13.4. The number of benzene rings is 1. The molecule has 0 saturated carbocycles. The standard InChI is InChI=1S/C23H36N2O5/c1-15(21(27)24-16(2)19(26)17-11-8-7-9-12-17)20(29-6)18-13-10-14-25(18)22(28)30-23(3,4)5/h7-9,11-12,15-16,18-20,26H,10,13-14H2,1-6H3,(H,24,27)/t15-,16+,18+,19-,20-/m1/s1. The largest absolute Gasteiger partial charge is 0.444 e. The van der Waals surface area contributed by atoms with Crippen molar-refractivity contribution in [2.45, 2.75) is 77.4 Å². The highest BCUT2D eigenvalue weighted by molar-refractivity contribution is 5.79. The molecule has 2 N–H and O–H groups in total. The maximum atomic E-state index is 12.9. The van der Waals surface area contributed by atoms with E-state index in [1.807, 2.05) is 51.1 Å². The SMILES string of the molecule is CO[C@H]([C@@H](C)C(=O)N[C@@H](C)[C@@H](O)c1ccccc1)[C@@H]1CCCN1C(=O)OC(C)(C)C. The van der Waals surface area contributed by atoms with Crippen molar-refractivity contribution in [1.82, 2.24) is 10.2 Å². The van der Waals surface area contributed by atoms with Crippen molar-refractivity contribution < 1.29 is 24.2 Å². The fraction of sp³-hybridized carbons (Fsp3) is 0.652. The van der Waals surface area contributed by atoms with Gasteiger partial charge in [0.05, 0.1) is 30.2 Å². The highest BCUT2D eigenvalue weighted by Crippen LogP contribution is 2.28. The van der Waals surface area contributed by atoms with Crippen molar-refractivity contribution >= 4 is 12.0 Å². The maximum absolute atomic E-state index is 12.9. The van der Waals surface area contributed by atoms with E-state index in [1.165, 1.54) is 0 Å². The zero-order valence-corrected chi connectivity index (χ0v) is 18.9. The number of aliphatic hydroxyl groups excluding tert-OH is 1. The van der Waals surface area contributed by atoms with Gasteiger partial charge >= 0.3 is 6.09 Å². The van der Waals surface area contributed by atoms with E-state index >= 15 is 0 Å². The molecule has 7 nitrogen and oxygen atoms in total. The first-order valence-electron chi connectivity index (χ1n) is 10.6. The fourth-order valence-corrected chi connectivity index (χ4v) is 3.90. The molecule has 30 heavy (non-hydrogen) atoms. The molecule has 5 atom stereocenters. The number of nitrogens with one attached hydrogen (secondary N) is 1. The van der Waals surface area contributed by atoms with Crippen molar-refractivity contribution in [1.29, 1.82) is 0 Å². The average molecular weight is 421 g/mol. The van der Waals surface area contributed by atoms with E-state index in [4.69, 9.17) is 9.47 Å². The van der Waals surface area contributed by atoms with E-state index in [-0.39, 0.29) is 18.0 Å². The number of aliphatic hydroxyl groups is 1. The molecular weight excluding hydrogens is 384 g/mol. The molecule has 0 aliphatic carbocycles. The number of rotatable bonds is 7. The van der Waals surface area contributed by atoms with Crippen LogP contribution in [0.25, 0.3) is 0 Å². The zero-order chi connectivity index (χ0) is 22.5. The van der Waals surface area contributed by atoms with Crippen molar-refractivity contribution in [2.75, 3.05) is 13.7 Å². The lowest BCUT2D eigenvalue weighted by Gasteiger charge is -2.35. The maximum Gasteiger partial charge on any atom is 0.410 e. The van der Waals surface area contributed by atoms with Gasteiger partial charge in [-0.05, 0) is 46.1 Å². The van der Waals surface area contributed by atoms with Crippen molar-refractivity contribution in [3.05, 3.63) is 35.9 Å². The summed E-state index contributed by atoms with van der Waals surface area (Å²) in [7, 11) is 1.56. The molecule has 1 aromatic rings. The number of hydrogen-bond acceptors (Lipinski definition) is 5. The van der Waals surface area contributed by atoms with E-state index in [1.54, 1.807) is 25.9 Å². The van der Waals surface area contributed by atoms with Crippen LogP contribution < -0.4 is 5.32 Å². The second-order valence-electron chi connectivity index (χ2n) is 9.03. The molecule has 2 amide bonds. The summed E-state index contributed by atoms with van der Waals surface area (Å²) in [6.45, 7) is 9.64. The Morgan fingerprint density at radius 2 is 1.83 bits per heavy atom. The summed E-state index contributed by atoms with van der Waals surface area (Å²) in [6.07, 6.45) is -0.0830. The molecule has 0 spiro atoms. The summed E-state index contributed by atoms with van der Waals surface area (Å²) >= 11 is 0. The number of amides is 2. The normalized spacial score (nSPS) is 20.9.